The average molecular weight is 249 g/mol. The number of nitrogens with zero attached hydrogens (tertiary/aromatic N) is 1. The lowest BCUT2D eigenvalue weighted by Gasteiger charge is -2.19. The van der Waals surface area contributed by atoms with Crippen molar-refractivity contribution in [1.82, 2.24) is 0 Å². The molecular weight excluding hydrogens is 230 g/mol. The molecule has 0 aliphatic carbocycles. The SMILES string of the molecule is CSCC(C)(C)N=C1OCc2cccc(C)c21. The van der Waals surface area contributed by atoms with Crippen LogP contribution in [-0.4, -0.2) is 23.4 Å². The first-order chi connectivity index (χ1) is 8.03. The molecule has 0 atom stereocenters. The highest BCUT2D eigenvalue weighted by atomic mass is 32.2. The molecule has 0 saturated heterocycles. The lowest BCUT2D eigenvalue weighted by Crippen LogP contribution is -2.23. The zero-order chi connectivity index (χ0) is 12.5. The lowest BCUT2D eigenvalue weighted by atomic mass is 10.0. The van der Waals surface area contributed by atoms with Gasteiger partial charge in [0.05, 0.1) is 5.54 Å². The molecule has 17 heavy (non-hydrogen) atoms. The van der Waals surface area contributed by atoms with Gasteiger partial charge in [-0.15, -0.1) is 0 Å². The lowest BCUT2D eigenvalue weighted by molar-refractivity contribution is 0.307. The summed E-state index contributed by atoms with van der Waals surface area (Å²) in [4.78, 5) is 4.77. The summed E-state index contributed by atoms with van der Waals surface area (Å²) < 4.78 is 5.73. The van der Waals surface area contributed by atoms with E-state index in [1.807, 2.05) is 11.8 Å². The maximum atomic E-state index is 5.73. The Kier molecular flexibility index (Phi) is 3.48. The Balaban J connectivity index is 2.36. The predicted molar refractivity (Wildman–Crippen MR) is 75.0 cm³/mol. The summed E-state index contributed by atoms with van der Waals surface area (Å²) >= 11 is 1.81. The van der Waals surface area contributed by atoms with E-state index in [1.165, 1.54) is 16.7 Å². The monoisotopic (exact) mass is 249 g/mol. The number of hydrogen-bond acceptors (Lipinski definition) is 3. The highest BCUT2D eigenvalue weighted by Crippen LogP contribution is 2.26. The van der Waals surface area contributed by atoms with Gasteiger partial charge < -0.3 is 4.74 Å². The molecule has 1 aliphatic heterocycles. The van der Waals surface area contributed by atoms with Crippen molar-refractivity contribution in [3.8, 4) is 0 Å². The van der Waals surface area contributed by atoms with Gasteiger partial charge in [-0.2, -0.15) is 11.8 Å². The molecule has 0 N–H and O–H groups in total. The number of aliphatic imine (C=N–C) groups is 1. The second-order valence-corrected chi connectivity index (χ2v) is 5.93. The van der Waals surface area contributed by atoms with Gasteiger partial charge in [0, 0.05) is 16.9 Å². The van der Waals surface area contributed by atoms with E-state index in [1.54, 1.807) is 0 Å². The van der Waals surface area contributed by atoms with E-state index in [0.29, 0.717) is 6.61 Å². The summed E-state index contributed by atoms with van der Waals surface area (Å²) in [5, 5.41) is 0. The summed E-state index contributed by atoms with van der Waals surface area (Å²) in [7, 11) is 0. The third-order valence-corrected chi connectivity index (χ3v) is 3.83. The van der Waals surface area contributed by atoms with Gasteiger partial charge in [-0.25, -0.2) is 4.99 Å². The Bertz CT molecular complexity index is 452. The van der Waals surface area contributed by atoms with Gasteiger partial charge >= 0.3 is 0 Å². The molecule has 0 fully saturated rings. The minimum absolute atomic E-state index is 0.0708. The number of hydrogen-bond donors (Lipinski definition) is 0. The first kappa shape index (κ1) is 12.5. The van der Waals surface area contributed by atoms with Crippen molar-refractivity contribution in [1.29, 1.82) is 0 Å². The Morgan fingerprint density at radius 1 is 1.41 bits per heavy atom. The molecule has 0 amide bonds. The van der Waals surface area contributed by atoms with Crippen LogP contribution in [0.1, 0.15) is 30.5 Å². The molecule has 0 bridgehead atoms. The van der Waals surface area contributed by atoms with E-state index < -0.39 is 0 Å². The highest BCUT2D eigenvalue weighted by Gasteiger charge is 2.25. The smallest absolute Gasteiger partial charge is 0.217 e. The molecular formula is C14H19NOS. The largest absolute Gasteiger partial charge is 0.473 e. The molecule has 3 heteroatoms. The van der Waals surface area contributed by atoms with Crippen LogP contribution < -0.4 is 0 Å². The summed E-state index contributed by atoms with van der Waals surface area (Å²) in [6, 6.07) is 6.31. The van der Waals surface area contributed by atoms with Crippen molar-refractivity contribution in [2.45, 2.75) is 32.9 Å². The molecule has 2 rings (SSSR count). The molecule has 0 radical (unpaired) electrons. The van der Waals surface area contributed by atoms with Crippen LogP contribution in [0.4, 0.5) is 0 Å². The Morgan fingerprint density at radius 2 is 2.18 bits per heavy atom. The molecule has 0 aromatic heterocycles. The van der Waals surface area contributed by atoms with E-state index in [4.69, 9.17) is 9.73 Å². The molecule has 1 aromatic rings. The maximum Gasteiger partial charge on any atom is 0.217 e. The van der Waals surface area contributed by atoms with Crippen molar-refractivity contribution in [3.63, 3.8) is 0 Å². The third-order valence-electron chi connectivity index (χ3n) is 2.84. The fourth-order valence-corrected chi connectivity index (χ4v) is 2.89. The molecule has 2 nitrogen and oxygen atoms in total. The van der Waals surface area contributed by atoms with E-state index in [0.717, 1.165) is 11.7 Å². The number of rotatable bonds is 3. The van der Waals surface area contributed by atoms with Crippen LogP contribution in [0.2, 0.25) is 0 Å². The van der Waals surface area contributed by atoms with Crippen LogP contribution in [-0.2, 0) is 11.3 Å². The van der Waals surface area contributed by atoms with Crippen LogP contribution in [0.25, 0.3) is 0 Å². The standard InChI is InChI=1S/C14H19NOS/c1-10-6-5-7-11-8-16-13(12(10)11)15-14(2,3)9-17-4/h5-7H,8-9H2,1-4H3. The predicted octanol–water partition coefficient (Wildman–Crippen LogP) is 3.41. The number of thioether (sulfide) groups is 1. The van der Waals surface area contributed by atoms with E-state index in [9.17, 15) is 0 Å². The fraction of sp³-hybridized carbons (Fsp3) is 0.500. The fourth-order valence-electron chi connectivity index (χ4n) is 2.12. The topological polar surface area (TPSA) is 21.6 Å². The number of benzene rings is 1. The Labute approximate surface area is 107 Å². The summed E-state index contributed by atoms with van der Waals surface area (Å²) in [5.41, 5.74) is 3.63. The van der Waals surface area contributed by atoms with Crippen LogP contribution in [0.3, 0.4) is 0 Å². The number of aryl methyl sites for hydroxylation is 1. The summed E-state index contributed by atoms with van der Waals surface area (Å²) in [5.74, 6) is 1.82. The minimum atomic E-state index is -0.0708. The molecule has 0 spiro atoms. The molecule has 1 heterocycles. The molecule has 0 saturated carbocycles. The zero-order valence-corrected chi connectivity index (χ0v) is 11.7. The van der Waals surface area contributed by atoms with Gasteiger partial charge in [-0.1, -0.05) is 18.2 Å². The van der Waals surface area contributed by atoms with Crippen molar-refractivity contribution in [2.24, 2.45) is 4.99 Å². The Hall–Kier alpha value is -0.960. The van der Waals surface area contributed by atoms with Crippen LogP contribution in [0, 0.1) is 6.92 Å². The quantitative estimate of drug-likeness (QED) is 0.818. The first-order valence-electron chi connectivity index (χ1n) is 5.84. The maximum absolute atomic E-state index is 5.73. The van der Waals surface area contributed by atoms with Crippen LogP contribution >= 0.6 is 11.8 Å². The highest BCUT2D eigenvalue weighted by molar-refractivity contribution is 7.98. The normalized spacial score (nSPS) is 17.1. The van der Waals surface area contributed by atoms with Crippen molar-refractivity contribution >= 4 is 17.7 Å². The minimum Gasteiger partial charge on any atom is -0.473 e. The first-order valence-corrected chi connectivity index (χ1v) is 7.23. The molecule has 92 valence electrons. The molecule has 1 aromatic carbocycles. The van der Waals surface area contributed by atoms with E-state index in [-0.39, 0.29) is 5.54 Å². The van der Waals surface area contributed by atoms with E-state index in [2.05, 4.69) is 45.2 Å². The van der Waals surface area contributed by atoms with Crippen LogP contribution in [0.15, 0.2) is 23.2 Å². The second kappa shape index (κ2) is 4.73. The van der Waals surface area contributed by atoms with Gasteiger partial charge in [0.25, 0.3) is 0 Å². The zero-order valence-electron chi connectivity index (χ0n) is 10.9. The van der Waals surface area contributed by atoms with Crippen LogP contribution in [0.5, 0.6) is 0 Å². The van der Waals surface area contributed by atoms with Crippen molar-refractivity contribution in [3.05, 3.63) is 34.9 Å². The van der Waals surface area contributed by atoms with Gasteiger partial charge in [0.15, 0.2) is 0 Å². The van der Waals surface area contributed by atoms with Crippen molar-refractivity contribution < 1.29 is 4.74 Å². The average Bonchev–Trinajstić information content (AvgIpc) is 2.62. The second-order valence-electron chi connectivity index (χ2n) is 5.06. The summed E-state index contributed by atoms with van der Waals surface area (Å²) in [6.07, 6.45) is 2.11. The molecule has 0 unspecified atom stereocenters. The van der Waals surface area contributed by atoms with Gasteiger partial charge in [0.1, 0.15) is 6.61 Å². The van der Waals surface area contributed by atoms with E-state index >= 15 is 0 Å². The van der Waals surface area contributed by atoms with Gasteiger partial charge in [-0.3, -0.25) is 0 Å². The number of ether oxygens (including phenoxy) is 1. The molecule has 1 aliphatic rings. The van der Waals surface area contributed by atoms with Crippen molar-refractivity contribution in [2.75, 3.05) is 12.0 Å². The number of fused-ring (bicyclic) bond motifs is 1. The Morgan fingerprint density at radius 3 is 2.88 bits per heavy atom. The van der Waals surface area contributed by atoms with Gasteiger partial charge in [-0.05, 0) is 32.6 Å². The third kappa shape index (κ3) is 2.65. The summed E-state index contributed by atoms with van der Waals surface area (Å²) in [6.45, 7) is 7.07. The van der Waals surface area contributed by atoms with Gasteiger partial charge in [0.2, 0.25) is 5.90 Å².